The van der Waals surface area contributed by atoms with Crippen LogP contribution in [-0.2, 0) is 10.0 Å². The number of nitrogens with zero attached hydrogens (tertiary/aromatic N) is 3. The van der Waals surface area contributed by atoms with E-state index in [4.69, 9.17) is 0 Å². The highest BCUT2D eigenvalue weighted by Crippen LogP contribution is 2.24. The lowest BCUT2D eigenvalue weighted by molar-refractivity contribution is 0.570. The van der Waals surface area contributed by atoms with E-state index in [0.717, 1.165) is 6.07 Å². The molecule has 1 heterocycles. The van der Waals surface area contributed by atoms with E-state index in [-0.39, 0.29) is 5.69 Å². The molecule has 0 unspecified atom stereocenters. The topological polar surface area (TPSA) is 75.2 Å². The lowest BCUT2D eigenvalue weighted by Gasteiger charge is -2.16. The van der Waals surface area contributed by atoms with Gasteiger partial charge in [-0.05, 0) is 26.0 Å². The first-order valence-corrected chi connectivity index (χ1v) is 8.00. The maximum Gasteiger partial charge on any atom is 0.264 e. The zero-order chi connectivity index (χ0) is 16.5. The summed E-state index contributed by atoms with van der Waals surface area (Å²) in [5.74, 6) is -0.333. The molecule has 6 nitrogen and oxygen atoms in total. The van der Waals surface area contributed by atoms with Gasteiger partial charge in [-0.25, -0.2) is 22.8 Å². The largest absolute Gasteiger partial charge is 0.347 e. The fraction of sp³-hybridized carbons (Fsp3) is 0.286. The van der Waals surface area contributed by atoms with Gasteiger partial charge in [-0.2, -0.15) is 0 Å². The van der Waals surface area contributed by atoms with Crippen LogP contribution < -0.4 is 9.62 Å². The Morgan fingerprint density at radius 3 is 2.14 bits per heavy atom. The second-order valence-corrected chi connectivity index (χ2v) is 6.65. The van der Waals surface area contributed by atoms with Crippen molar-refractivity contribution in [3.05, 3.63) is 41.5 Å². The van der Waals surface area contributed by atoms with Crippen LogP contribution in [0.2, 0.25) is 0 Å². The first-order chi connectivity index (χ1) is 10.2. The maximum atomic E-state index is 13.7. The molecule has 2 rings (SSSR count). The summed E-state index contributed by atoms with van der Waals surface area (Å²) in [6.07, 6.45) is 0. The van der Waals surface area contributed by atoms with Crippen LogP contribution in [0.4, 0.5) is 16.0 Å². The minimum Gasteiger partial charge on any atom is -0.347 e. The summed E-state index contributed by atoms with van der Waals surface area (Å²) in [6, 6.07) is 5.19. The summed E-state index contributed by atoms with van der Waals surface area (Å²) in [4.78, 5) is 9.76. The van der Waals surface area contributed by atoms with Gasteiger partial charge in [0, 0.05) is 14.1 Å². The molecule has 2 aromatic rings. The van der Waals surface area contributed by atoms with Crippen molar-refractivity contribution < 1.29 is 12.8 Å². The number of nitrogens with one attached hydrogen (secondary N) is 1. The second kappa shape index (κ2) is 5.88. The highest BCUT2D eigenvalue weighted by molar-refractivity contribution is 7.92. The van der Waals surface area contributed by atoms with Gasteiger partial charge in [-0.15, -0.1) is 0 Å². The minimum atomic E-state index is -4.04. The first kappa shape index (κ1) is 16.2. The Bertz CT molecular complexity index is 783. The molecular formula is C14H17FN4O2S. The lowest BCUT2D eigenvalue weighted by Crippen LogP contribution is -2.19. The molecule has 0 aliphatic rings. The monoisotopic (exact) mass is 324 g/mol. The third kappa shape index (κ3) is 3.16. The lowest BCUT2D eigenvalue weighted by atomic mass is 10.3. The molecule has 0 aliphatic heterocycles. The van der Waals surface area contributed by atoms with Crippen molar-refractivity contribution in [2.75, 3.05) is 23.7 Å². The van der Waals surface area contributed by atoms with Gasteiger partial charge in [0.1, 0.15) is 10.7 Å². The highest BCUT2D eigenvalue weighted by Gasteiger charge is 2.21. The normalized spacial score (nSPS) is 11.3. The van der Waals surface area contributed by atoms with Gasteiger partial charge >= 0.3 is 0 Å². The Hall–Kier alpha value is -2.22. The number of sulfonamides is 1. The third-order valence-corrected chi connectivity index (χ3v) is 4.40. The fourth-order valence-electron chi connectivity index (χ4n) is 1.90. The zero-order valence-corrected chi connectivity index (χ0v) is 13.6. The van der Waals surface area contributed by atoms with E-state index in [2.05, 4.69) is 14.7 Å². The molecule has 1 N–H and O–H groups in total. The molecule has 0 saturated carbocycles. The van der Waals surface area contributed by atoms with Crippen LogP contribution in [0.5, 0.6) is 0 Å². The number of hydrogen-bond donors (Lipinski definition) is 1. The Morgan fingerprint density at radius 1 is 1.09 bits per heavy atom. The van der Waals surface area contributed by atoms with E-state index in [1.807, 2.05) is 0 Å². The summed E-state index contributed by atoms with van der Waals surface area (Å²) in [5, 5.41) is 0. The molecule has 1 aromatic heterocycles. The van der Waals surface area contributed by atoms with Crippen molar-refractivity contribution in [1.82, 2.24) is 9.97 Å². The molecule has 0 spiro atoms. The van der Waals surface area contributed by atoms with Crippen molar-refractivity contribution in [2.24, 2.45) is 0 Å². The number of aryl methyl sites for hydroxylation is 2. The van der Waals surface area contributed by atoms with Gasteiger partial charge in [0.05, 0.1) is 17.1 Å². The average molecular weight is 324 g/mol. The van der Waals surface area contributed by atoms with Crippen LogP contribution in [0.3, 0.4) is 0 Å². The molecular weight excluding hydrogens is 307 g/mol. The molecule has 0 saturated heterocycles. The van der Waals surface area contributed by atoms with Crippen molar-refractivity contribution in [2.45, 2.75) is 18.7 Å². The first-order valence-electron chi connectivity index (χ1n) is 6.52. The van der Waals surface area contributed by atoms with E-state index < -0.39 is 20.7 Å². The van der Waals surface area contributed by atoms with Crippen LogP contribution >= 0.6 is 0 Å². The van der Waals surface area contributed by atoms with Crippen molar-refractivity contribution in [3.8, 4) is 0 Å². The predicted octanol–water partition coefficient (Wildman–Crippen LogP) is 2.10. The summed E-state index contributed by atoms with van der Waals surface area (Å²) in [6.45, 7) is 3.34. The number of halogens is 1. The quantitative estimate of drug-likeness (QED) is 0.932. The van der Waals surface area contributed by atoms with Crippen LogP contribution in [0, 0.1) is 19.7 Å². The van der Waals surface area contributed by atoms with E-state index in [1.54, 1.807) is 32.8 Å². The molecule has 8 heteroatoms. The van der Waals surface area contributed by atoms with Crippen molar-refractivity contribution >= 4 is 21.7 Å². The van der Waals surface area contributed by atoms with Crippen LogP contribution in [0.25, 0.3) is 0 Å². The Balaban J connectivity index is 2.45. The van der Waals surface area contributed by atoms with Crippen LogP contribution in [0.1, 0.15) is 11.4 Å². The average Bonchev–Trinajstić information content (AvgIpc) is 2.42. The number of anilines is 2. The van der Waals surface area contributed by atoms with Gasteiger partial charge in [0.2, 0.25) is 5.95 Å². The smallest absolute Gasteiger partial charge is 0.264 e. The summed E-state index contributed by atoms with van der Waals surface area (Å²) < 4.78 is 40.7. The number of hydrogen-bond acceptors (Lipinski definition) is 5. The van der Waals surface area contributed by atoms with E-state index in [0.29, 0.717) is 17.3 Å². The number of aromatic nitrogens is 2. The van der Waals surface area contributed by atoms with Gasteiger partial charge in [0.25, 0.3) is 10.0 Å². The molecule has 1 aromatic carbocycles. The molecule has 0 atom stereocenters. The van der Waals surface area contributed by atoms with Crippen LogP contribution in [-0.4, -0.2) is 32.5 Å². The fourth-order valence-corrected chi connectivity index (χ4v) is 3.15. The van der Waals surface area contributed by atoms with Crippen molar-refractivity contribution in [3.63, 3.8) is 0 Å². The maximum absolute atomic E-state index is 13.7. The second-order valence-electron chi connectivity index (χ2n) is 5.00. The minimum absolute atomic E-state index is 0.258. The Labute approximate surface area is 129 Å². The van der Waals surface area contributed by atoms with Gasteiger partial charge in [-0.1, -0.05) is 12.1 Å². The Morgan fingerprint density at radius 2 is 1.64 bits per heavy atom. The Kier molecular flexibility index (Phi) is 4.32. The van der Waals surface area contributed by atoms with Crippen molar-refractivity contribution in [1.29, 1.82) is 0 Å². The zero-order valence-electron chi connectivity index (χ0n) is 12.8. The highest BCUT2D eigenvalue weighted by atomic mass is 32.2. The standard InChI is InChI=1S/C14H17FN4O2S/c1-9-13(10(2)17-14(16-9)19(3)4)18-22(20,21)12-8-6-5-7-11(12)15/h5-8,18H,1-4H3. The number of rotatable bonds is 4. The molecule has 0 amide bonds. The molecule has 0 fully saturated rings. The van der Waals surface area contributed by atoms with E-state index >= 15 is 0 Å². The van der Waals surface area contributed by atoms with Crippen LogP contribution in [0.15, 0.2) is 29.2 Å². The summed E-state index contributed by atoms with van der Waals surface area (Å²) in [7, 11) is -0.463. The van der Waals surface area contributed by atoms with Gasteiger partial charge < -0.3 is 4.90 Å². The van der Waals surface area contributed by atoms with E-state index in [9.17, 15) is 12.8 Å². The molecule has 118 valence electrons. The molecule has 0 bridgehead atoms. The summed E-state index contributed by atoms with van der Waals surface area (Å²) in [5.41, 5.74) is 1.20. The molecule has 0 radical (unpaired) electrons. The van der Waals surface area contributed by atoms with Gasteiger partial charge in [-0.3, -0.25) is 4.72 Å². The van der Waals surface area contributed by atoms with Gasteiger partial charge in [0.15, 0.2) is 0 Å². The third-order valence-electron chi connectivity index (χ3n) is 3.02. The van der Waals surface area contributed by atoms with E-state index in [1.165, 1.54) is 18.2 Å². The number of benzene rings is 1. The molecule has 0 aliphatic carbocycles. The predicted molar refractivity (Wildman–Crippen MR) is 83.0 cm³/mol. The molecule has 22 heavy (non-hydrogen) atoms. The SMILES string of the molecule is Cc1nc(N(C)C)nc(C)c1NS(=O)(=O)c1ccccc1F. The summed E-state index contributed by atoms with van der Waals surface area (Å²) >= 11 is 0.